The third-order valence-electron chi connectivity index (χ3n) is 2.44. The van der Waals surface area contributed by atoms with E-state index in [1.807, 2.05) is 0 Å². The largest absolute Gasteiger partial charge is 0.495 e. The Morgan fingerprint density at radius 1 is 1.00 bits per heavy atom. The Morgan fingerprint density at radius 3 is 2.33 bits per heavy atom. The second-order valence-electron chi connectivity index (χ2n) is 3.71. The molecular formula is C13H12F2N2O. The average molecular weight is 250 g/mol. The first-order valence-corrected chi connectivity index (χ1v) is 5.26. The maximum Gasteiger partial charge on any atom is 0.160 e. The van der Waals surface area contributed by atoms with Crippen LogP contribution >= 0.6 is 0 Å². The highest BCUT2D eigenvalue weighted by Gasteiger charge is 2.04. The fraction of sp³-hybridized carbons (Fsp3) is 0.0769. The Hall–Kier alpha value is -2.30. The number of methoxy groups -OCH3 is 1. The normalized spacial score (nSPS) is 10.2. The molecule has 0 saturated carbocycles. The number of ether oxygens (including phenoxy) is 1. The van der Waals surface area contributed by atoms with Crippen molar-refractivity contribution in [1.29, 1.82) is 0 Å². The van der Waals surface area contributed by atoms with Gasteiger partial charge in [0.15, 0.2) is 11.6 Å². The third kappa shape index (κ3) is 2.51. The standard InChI is InChI=1S/C13H12F2N2O/c1-18-13-7-9(3-5-12(13)16)17-8-2-4-10(14)11(15)6-8/h2-7,17H,16H2,1H3. The van der Waals surface area contributed by atoms with E-state index in [-0.39, 0.29) is 0 Å². The van der Waals surface area contributed by atoms with Gasteiger partial charge in [-0.05, 0) is 24.3 Å². The molecule has 0 aliphatic rings. The fourth-order valence-corrected chi connectivity index (χ4v) is 1.53. The predicted octanol–water partition coefficient (Wildman–Crippen LogP) is 3.30. The van der Waals surface area contributed by atoms with Gasteiger partial charge in [-0.1, -0.05) is 0 Å². The van der Waals surface area contributed by atoms with Gasteiger partial charge in [0, 0.05) is 23.5 Å². The minimum Gasteiger partial charge on any atom is -0.495 e. The van der Waals surface area contributed by atoms with Crippen LogP contribution in [-0.4, -0.2) is 7.11 Å². The average Bonchev–Trinajstić information content (AvgIpc) is 2.36. The maximum absolute atomic E-state index is 13.0. The molecule has 0 amide bonds. The molecule has 3 N–H and O–H groups in total. The Kier molecular flexibility index (Phi) is 3.32. The van der Waals surface area contributed by atoms with E-state index in [0.717, 1.165) is 12.1 Å². The zero-order valence-electron chi connectivity index (χ0n) is 9.71. The number of halogens is 2. The number of hydrogen-bond acceptors (Lipinski definition) is 3. The number of hydrogen-bond donors (Lipinski definition) is 2. The number of benzene rings is 2. The van der Waals surface area contributed by atoms with Gasteiger partial charge in [0.2, 0.25) is 0 Å². The molecule has 5 heteroatoms. The molecule has 0 bridgehead atoms. The van der Waals surface area contributed by atoms with Crippen molar-refractivity contribution in [1.82, 2.24) is 0 Å². The Balaban J connectivity index is 2.25. The number of nitrogens with one attached hydrogen (secondary N) is 1. The van der Waals surface area contributed by atoms with E-state index in [9.17, 15) is 8.78 Å². The SMILES string of the molecule is COc1cc(Nc2ccc(F)c(F)c2)ccc1N. The molecule has 0 saturated heterocycles. The first-order chi connectivity index (χ1) is 8.60. The van der Waals surface area contributed by atoms with Crippen molar-refractivity contribution in [2.24, 2.45) is 0 Å². The van der Waals surface area contributed by atoms with E-state index in [1.54, 1.807) is 18.2 Å². The van der Waals surface area contributed by atoms with Gasteiger partial charge in [0.25, 0.3) is 0 Å². The predicted molar refractivity (Wildman–Crippen MR) is 67.0 cm³/mol. The summed E-state index contributed by atoms with van der Waals surface area (Å²) in [6, 6.07) is 8.66. The summed E-state index contributed by atoms with van der Waals surface area (Å²) in [6.45, 7) is 0. The van der Waals surface area contributed by atoms with Gasteiger partial charge >= 0.3 is 0 Å². The third-order valence-corrected chi connectivity index (χ3v) is 2.44. The molecule has 2 rings (SSSR count). The summed E-state index contributed by atoms with van der Waals surface area (Å²) in [5.41, 5.74) is 7.30. The molecule has 94 valence electrons. The first-order valence-electron chi connectivity index (χ1n) is 5.26. The summed E-state index contributed by atoms with van der Waals surface area (Å²) < 4.78 is 30.9. The van der Waals surface area contributed by atoms with Crippen LogP contribution in [0, 0.1) is 11.6 Å². The van der Waals surface area contributed by atoms with Gasteiger partial charge in [-0.25, -0.2) is 8.78 Å². The van der Waals surface area contributed by atoms with Crippen molar-refractivity contribution in [2.75, 3.05) is 18.2 Å². The molecule has 3 nitrogen and oxygen atoms in total. The molecular weight excluding hydrogens is 238 g/mol. The lowest BCUT2D eigenvalue weighted by Crippen LogP contribution is -1.96. The molecule has 2 aromatic rings. The van der Waals surface area contributed by atoms with Crippen LogP contribution in [0.25, 0.3) is 0 Å². The van der Waals surface area contributed by atoms with Crippen molar-refractivity contribution >= 4 is 17.1 Å². The van der Waals surface area contributed by atoms with Gasteiger partial charge < -0.3 is 15.8 Å². The second-order valence-corrected chi connectivity index (χ2v) is 3.71. The monoisotopic (exact) mass is 250 g/mol. The fourth-order valence-electron chi connectivity index (χ4n) is 1.53. The van der Waals surface area contributed by atoms with E-state index < -0.39 is 11.6 Å². The Morgan fingerprint density at radius 2 is 1.67 bits per heavy atom. The van der Waals surface area contributed by atoms with Gasteiger partial charge in [-0.3, -0.25) is 0 Å². The van der Waals surface area contributed by atoms with Gasteiger partial charge in [0.1, 0.15) is 5.75 Å². The van der Waals surface area contributed by atoms with Gasteiger partial charge in [-0.2, -0.15) is 0 Å². The molecule has 18 heavy (non-hydrogen) atoms. The molecule has 0 aromatic heterocycles. The van der Waals surface area contributed by atoms with E-state index in [1.165, 1.54) is 13.2 Å². The van der Waals surface area contributed by atoms with Crippen LogP contribution in [-0.2, 0) is 0 Å². The Bertz CT molecular complexity index is 573. The zero-order valence-corrected chi connectivity index (χ0v) is 9.71. The van der Waals surface area contributed by atoms with E-state index >= 15 is 0 Å². The lowest BCUT2D eigenvalue weighted by atomic mass is 10.2. The van der Waals surface area contributed by atoms with Gasteiger partial charge in [0.05, 0.1) is 12.8 Å². The zero-order chi connectivity index (χ0) is 13.1. The number of anilines is 3. The summed E-state index contributed by atoms with van der Waals surface area (Å²) in [4.78, 5) is 0. The van der Waals surface area contributed by atoms with Crippen molar-refractivity contribution in [3.8, 4) is 5.75 Å². The highest BCUT2D eigenvalue weighted by atomic mass is 19.2. The smallest absolute Gasteiger partial charge is 0.160 e. The molecule has 2 aromatic carbocycles. The second kappa shape index (κ2) is 4.91. The summed E-state index contributed by atoms with van der Waals surface area (Å²) >= 11 is 0. The highest BCUT2D eigenvalue weighted by Crippen LogP contribution is 2.27. The van der Waals surface area contributed by atoms with E-state index in [2.05, 4.69) is 5.32 Å². The summed E-state index contributed by atoms with van der Waals surface area (Å²) in [6.07, 6.45) is 0. The minimum atomic E-state index is -0.901. The lowest BCUT2D eigenvalue weighted by Gasteiger charge is -2.10. The molecule has 0 fully saturated rings. The van der Waals surface area contributed by atoms with Crippen LogP contribution in [0.3, 0.4) is 0 Å². The minimum absolute atomic E-state index is 0.445. The van der Waals surface area contributed by atoms with Gasteiger partial charge in [-0.15, -0.1) is 0 Å². The first kappa shape index (κ1) is 12.2. The molecule has 0 aliphatic heterocycles. The van der Waals surface area contributed by atoms with Crippen LogP contribution in [0.2, 0.25) is 0 Å². The van der Waals surface area contributed by atoms with Crippen LogP contribution in [0.15, 0.2) is 36.4 Å². The molecule has 0 atom stereocenters. The van der Waals surface area contributed by atoms with Crippen molar-refractivity contribution in [2.45, 2.75) is 0 Å². The van der Waals surface area contributed by atoms with Crippen LogP contribution in [0.1, 0.15) is 0 Å². The number of nitrogens with two attached hydrogens (primary N) is 1. The molecule has 0 heterocycles. The van der Waals surface area contributed by atoms with E-state index in [0.29, 0.717) is 22.8 Å². The highest BCUT2D eigenvalue weighted by molar-refractivity contribution is 5.66. The lowest BCUT2D eigenvalue weighted by molar-refractivity contribution is 0.417. The molecule has 0 spiro atoms. The van der Waals surface area contributed by atoms with E-state index in [4.69, 9.17) is 10.5 Å². The van der Waals surface area contributed by atoms with Crippen molar-refractivity contribution in [3.05, 3.63) is 48.0 Å². The quantitative estimate of drug-likeness (QED) is 0.822. The number of rotatable bonds is 3. The summed E-state index contributed by atoms with van der Waals surface area (Å²) in [5.74, 6) is -1.26. The number of nitrogen functional groups attached to an aromatic ring is 1. The van der Waals surface area contributed by atoms with Crippen LogP contribution < -0.4 is 15.8 Å². The maximum atomic E-state index is 13.0. The van der Waals surface area contributed by atoms with Crippen LogP contribution in [0.5, 0.6) is 5.75 Å². The molecule has 0 unspecified atom stereocenters. The molecule has 0 radical (unpaired) electrons. The van der Waals surface area contributed by atoms with Crippen molar-refractivity contribution < 1.29 is 13.5 Å². The summed E-state index contributed by atoms with van der Waals surface area (Å²) in [7, 11) is 1.51. The topological polar surface area (TPSA) is 47.3 Å². The Labute approximate surface area is 103 Å². The summed E-state index contributed by atoms with van der Waals surface area (Å²) in [5, 5.41) is 2.93. The molecule has 0 aliphatic carbocycles. The van der Waals surface area contributed by atoms with Crippen molar-refractivity contribution in [3.63, 3.8) is 0 Å². The van der Waals surface area contributed by atoms with Crippen LogP contribution in [0.4, 0.5) is 25.8 Å².